The van der Waals surface area contributed by atoms with Crippen molar-refractivity contribution in [2.45, 2.75) is 39.2 Å². The normalized spacial score (nSPS) is 13.4. The van der Waals surface area contributed by atoms with E-state index in [1.54, 1.807) is 13.1 Å². The van der Waals surface area contributed by atoms with Crippen LogP contribution in [0.15, 0.2) is 48.7 Å². The number of nitrogens with one attached hydrogen (secondary N) is 1. The lowest BCUT2D eigenvalue weighted by Crippen LogP contribution is -2.32. The Kier molecular flexibility index (Phi) is 6.05. The van der Waals surface area contributed by atoms with Gasteiger partial charge in [0, 0.05) is 17.8 Å². The third kappa shape index (κ3) is 4.73. The fraction of sp³-hybridized carbons (Fsp3) is 0.348. The molecule has 1 aliphatic carbocycles. The predicted molar refractivity (Wildman–Crippen MR) is 112 cm³/mol. The summed E-state index contributed by atoms with van der Waals surface area (Å²) in [4.78, 5) is 31.5. The van der Waals surface area contributed by atoms with Gasteiger partial charge >= 0.3 is 0 Å². The summed E-state index contributed by atoms with van der Waals surface area (Å²) >= 11 is 0. The molecule has 0 spiro atoms. The van der Waals surface area contributed by atoms with Crippen LogP contribution < -0.4 is 5.32 Å². The van der Waals surface area contributed by atoms with Crippen LogP contribution in [0, 0.1) is 0 Å². The second kappa shape index (κ2) is 8.48. The number of aromatic nitrogens is 1. The fourth-order valence-electron chi connectivity index (χ4n) is 3.13. The standard InChI is InChI=1S/C23H27N3O2/c1-5-16-7-6-8-17(11-16)18-12-20(22(24-13-18)23(28)15(2)3)25-21(27)14-26(4)19-9-10-19/h6-8,11-13,19H,2,5,9-10,14H2,1,3-4H3,(H,25,27). The van der Waals surface area contributed by atoms with Gasteiger partial charge in [-0.2, -0.15) is 0 Å². The summed E-state index contributed by atoms with van der Waals surface area (Å²) in [7, 11) is 1.95. The summed E-state index contributed by atoms with van der Waals surface area (Å²) < 4.78 is 0. The average Bonchev–Trinajstić information content (AvgIpc) is 3.52. The van der Waals surface area contributed by atoms with Gasteiger partial charge in [0.1, 0.15) is 5.69 Å². The van der Waals surface area contributed by atoms with E-state index >= 15 is 0 Å². The van der Waals surface area contributed by atoms with Crippen molar-refractivity contribution in [2.75, 3.05) is 18.9 Å². The molecule has 1 aromatic carbocycles. The molecule has 2 aromatic rings. The number of hydrogen-bond acceptors (Lipinski definition) is 4. The number of carbonyl (C=O) groups is 2. The molecular formula is C23H27N3O2. The van der Waals surface area contributed by atoms with E-state index in [4.69, 9.17) is 0 Å². The Morgan fingerprint density at radius 1 is 1.25 bits per heavy atom. The average molecular weight is 377 g/mol. The highest BCUT2D eigenvalue weighted by molar-refractivity contribution is 6.12. The summed E-state index contributed by atoms with van der Waals surface area (Å²) in [5.74, 6) is -0.411. The Labute approximate surface area is 166 Å². The van der Waals surface area contributed by atoms with Crippen molar-refractivity contribution in [3.63, 3.8) is 0 Å². The number of pyridine rings is 1. The van der Waals surface area contributed by atoms with Crippen molar-refractivity contribution in [3.05, 3.63) is 59.9 Å². The van der Waals surface area contributed by atoms with Crippen molar-refractivity contribution in [2.24, 2.45) is 0 Å². The van der Waals surface area contributed by atoms with E-state index in [-0.39, 0.29) is 17.4 Å². The van der Waals surface area contributed by atoms with Crippen LogP contribution in [0.25, 0.3) is 11.1 Å². The van der Waals surface area contributed by atoms with Crippen LogP contribution in [-0.2, 0) is 11.2 Å². The van der Waals surface area contributed by atoms with Crippen LogP contribution in [0.5, 0.6) is 0 Å². The molecule has 1 aliphatic rings. The quantitative estimate of drug-likeness (QED) is 0.556. The van der Waals surface area contributed by atoms with Crippen molar-refractivity contribution < 1.29 is 9.59 Å². The second-order valence-electron chi connectivity index (χ2n) is 7.48. The third-order valence-electron chi connectivity index (χ3n) is 5.00. The number of rotatable bonds is 8. The summed E-state index contributed by atoms with van der Waals surface area (Å²) in [5.41, 5.74) is 4.13. The van der Waals surface area contributed by atoms with Crippen LogP contribution in [0.2, 0.25) is 0 Å². The largest absolute Gasteiger partial charge is 0.323 e. The second-order valence-corrected chi connectivity index (χ2v) is 7.48. The molecule has 1 saturated carbocycles. The van der Waals surface area contributed by atoms with Gasteiger partial charge in [-0.15, -0.1) is 0 Å². The minimum atomic E-state index is -0.264. The Morgan fingerprint density at radius 2 is 2.00 bits per heavy atom. The van der Waals surface area contributed by atoms with Crippen molar-refractivity contribution in [1.29, 1.82) is 0 Å². The zero-order valence-electron chi connectivity index (χ0n) is 16.8. The fourth-order valence-corrected chi connectivity index (χ4v) is 3.13. The molecule has 146 valence electrons. The van der Waals surface area contributed by atoms with Crippen LogP contribution in [0.1, 0.15) is 42.7 Å². The van der Waals surface area contributed by atoms with Gasteiger partial charge in [0.15, 0.2) is 0 Å². The molecule has 1 N–H and O–H groups in total. The number of Topliss-reactive ketones (excluding diaryl/α,β-unsaturated/α-hetero) is 1. The van der Waals surface area contributed by atoms with Crippen molar-refractivity contribution >= 4 is 17.4 Å². The predicted octanol–water partition coefficient (Wildman–Crippen LogP) is 4.10. The molecule has 0 bridgehead atoms. The molecule has 1 amide bonds. The van der Waals surface area contributed by atoms with Gasteiger partial charge in [0.25, 0.3) is 0 Å². The zero-order chi connectivity index (χ0) is 20.3. The van der Waals surface area contributed by atoms with Crippen molar-refractivity contribution in [3.8, 4) is 11.1 Å². The lowest BCUT2D eigenvalue weighted by Gasteiger charge is -2.17. The van der Waals surface area contributed by atoms with Crippen LogP contribution in [0.4, 0.5) is 5.69 Å². The lowest BCUT2D eigenvalue weighted by molar-refractivity contribution is -0.117. The highest BCUT2D eigenvalue weighted by Crippen LogP contribution is 2.27. The molecule has 0 aliphatic heterocycles. The summed E-state index contributed by atoms with van der Waals surface area (Å²) in [6, 6.07) is 10.5. The first-order valence-electron chi connectivity index (χ1n) is 9.68. The Balaban J connectivity index is 1.91. The molecule has 0 radical (unpaired) electrons. The maximum atomic E-state index is 12.5. The molecule has 1 heterocycles. The van der Waals surface area contributed by atoms with E-state index in [0.717, 1.165) is 30.4 Å². The SMILES string of the molecule is C=C(C)C(=O)c1ncc(-c2cccc(CC)c2)cc1NC(=O)CN(C)C1CC1. The van der Waals surface area contributed by atoms with Gasteiger partial charge in [0.05, 0.1) is 12.2 Å². The number of aryl methyl sites for hydroxylation is 1. The van der Waals surface area contributed by atoms with Crippen molar-refractivity contribution in [1.82, 2.24) is 9.88 Å². The number of nitrogens with zero attached hydrogens (tertiary/aromatic N) is 2. The molecule has 5 heteroatoms. The number of hydrogen-bond donors (Lipinski definition) is 1. The highest BCUT2D eigenvalue weighted by Gasteiger charge is 2.27. The van der Waals surface area contributed by atoms with Gasteiger partial charge in [-0.1, -0.05) is 37.8 Å². The number of anilines is 1. The zero-order valence-corrected chi connectivity index (χ0v) is 16.8. The van der Waals surface area contributed by atoms with E-state index in [1.807, 2.05) is 30.1 Å². The summed E-state index contributed by atoms with van der Waals surface area (Å²) in [6.07, 6.45) is 4.88. The maximum absolute atomic E-state index is 12.5. The van der Waals surface area contributed by atoms with Gasteiger partial charge in [-0.05, 0) is 56.0 Å². The summed E-state index contributed by atoms with van der Waals surface area (Å²) in [6.45, 7) is 7.77. The Morgan fingerprint density at radius 3 is 2.64 bits per heavy atom. The molecular weight excluding hydrogens is 350 g/mol. The smallest absolute Gasteiger partial charge is 0.238 e. The maximum Gasteiger partial charge on any atom is 0.238 e. The molecule has 0 saturated heterocycles. The van der Waals surface area contributed by atoms with Crippen LogP contribution in [-0.4, -0.2) is 41.2 Å². The van der Waals surface area contributed by atoms with E-state index in [0.29, 0.717) is 23.8 Å². The molecule has 5 nitrogen and oxygen atoms in total. The third-order valence-corrected chi connectivity index (χ3v) is 5.00. The summed E-state index contributed by atoms with van der Waals surface area (Å²) in [5, 5.41) is 2.89. The van der Waals surface area contributed by atoms with Gasteiger partial charge in [0.2, 0.25) is 11.7 Å². The number of amides is 1. The van der Waals surface area contributed by atoms with E-state index in [2.05, 4.69) is 35.9 Å². The first-order valence-corrected chi connectivity index (χ1v) is 9.68. The number of benzene rings is 1. The van der Waals surface area contributed by atoms with Gasteiger partial charge in [-0.3, -0.25) is 14.5 Å². The number of ketones is 1. The monoisotopic (exact) mass is 377 g/mol. The minimum Gasteiger partial charge on any atom is -0.323 e. The molecule has 28 heavy (non-hydrogen) atoms. The minimum absolute atomic E-state index is 0.147. The Bertz CT molecular complexity index is 916. The van der Waals surface area contributed by atoms with E-state index < -0.39 is 0 Å². The first kappa shape index (κ1) is 20.0. The molecule has 1 fully saturated rings. The van der Waals surface area contributed by atoms with Gasteiger partial charge in [-0.25, -0.2) is 4.98 Å². The topological polar surface area (TPSA) is 62.3 Å². The highest BCUT2D eigenvalue weighted by atomic mass is 16.2. The number of likely N-dealkylation sites (N-methyl/N-ethyl adjacent to an activating group) is 1. The van der Waals surface area contributed by atoms with Gasteiger partial charge < -0.3 is 5.32 Å². The number of carbonyl (C=O) groups excluding carboxylic acids is 2. The first-order chi connectivity index (χ1) is 13.4. The van der Waals surface area contributed by atoms with Crippen LogP contribution in [0.3, 0.4) is 0 Å². The molecule has 1 aromatic heterocycles. The van der Waals surface area contributed by atoms with Crippen LogP contribution >= 0.6 is 0 Å². The molecule has 0 unspecified atom stereocenters. The van der Waals surface area contributed by atoms with E-state index in [1.165, 1.54) is 5.56 Å². The van der Waals surface area contributed by atoms with E-state index in [9.17, 15) is 9.59 Å². The lowest BCUT2D eigenvalue weighted by atomic mass is 10.0. The molecule has 0 atom stereocenters. The Hall–Kier alpha value is -2.79. The number of allylic oxidation sites excluding steroid dienone is 1. The molecule has 3 rings (SSSR count).